The van der Waals surface area contributed by atoms with E-state index in [1.54, 1.807) is 6.33 Å². The summed E-state index contributed by atoms with van der Waals surface area (Å²) in [5, 5.41) is 10.3. The highest BCUT2D eigenvalue weighted by atomic mass is 16.4. The van der Waals surface area contributed by atoms with Crippen LogP contribution < -0.4 is 4.90 Å². The number of carbonyl (C=O) groups is 1. The van der Waals surface area contributed by atoms with E-state index in [1.165, 1.54) is 4.90 Å². The van der Waals surface area contributed by atoms with Gasteiger partial charge < -0.3 is 15.0 Å². The van der Waals surface area contributed by atoms with Gasteiger partial charge in [0.2, 0.25) is 0 Å². The molecule has 0 radical (unpaired) electrons. The molecule has 0 aliphatic carbocycles. The third kappa shape index (κ3) is 2.18. The lowest BCUT2D eigenvalue weighted by atomic mass is 10.1. The summed E-state index contributed by atoms with van der Waals surface area (Å²) in [6, 6.07) is -0.147. The summed E-state index contributed by atoms with van der Waals surface area (Å²) in [6.07, 6.45) is 2.61. The highest BCUT2D eigenvalue weighted by Crippen LogP contribution is 2.28. The molecule has 2 aromatic rings. The minimum atomic E-state index is -0.861. The lowest BCUT2D eigenvalue weighted by Crippen LogP contribution is -2.58. The third-order valence-electron chi connectivity index (χ3n) is 4.09. The van der Waals surface area contributed by atoms with Gasteiger partial charge in [-0.1, -0.05) is 0 Å². The Hall–Kier alpha value is -2.31. The summed E-state index contributed by atoms with van der Waals surface area (Å²) in [7, 11) is 0. The van der Waals surface area contributed by atoms with E-state index in [1.807, 2.05) is 27.0 Å². The SMILES string of the molecule is Cc1c[nH]c2ncnc(N3CC(C)N(C(=O)O)C(C)C3)c12. The second-order valence-electron chi connectivity index (χ2n) is 5.69. The fourth-order valence-electron chi connectivity index (χ4n) is 3.21. The number of piperazine rings is 1. The van der Waals surface area contributed by atoms with E-state index in [0.29, 0.717) is 13.1 Å². The van der Waals surface area contributed by atoms with Gasteiger partial charge in [0.05, 0.1) is 17.5 Å². The van der Waals surface area contributed by atoms with E-state index in [2.05, 4.69) is 19.9 Å². The fraction of sp³-hybridized carbons (Fsp3) is 0.500. The molecule has 2 atom stereocenters. The topological polar surface area (TPSA) is 85.4 Å². The first-order chi connectivity index (χ1) is 9.99. The first-order valence-electron chi connectivity index (χ1n) is 7.04. The Morgan fingerprint density at radius 2 is 2.00 bits per heavy atom. The number of amides is 1. The van der Waals surface area contributed by atoms with Gasteiger partial charge in [-0.05, 0) is 26.3 Å². The molecule has 0 aromatic carbocycles. The molecule has 1 fully saturated rings. The smallest absolute Gasteiger partial charge is 0.407 e. The molecule has 2 unspecified atom stereocenters. The molecule has 2 N–H and O–H groups in total. The zero-order valence-corrected chi connectivity index (χ0v) is 12.4. The number of rotatable bonds is 1. The van der Waals surface area contributed by atoms with Crippen LogP contribution >= 0.6 is 0 Å². The number of hydrogen-bond acceptors (Lipinski definition) is 4. The number of hydrogen-bond donors (Lipinski definition) is 2. The Morgan fingerprint density at radius 1 is 1.33 bits per heavy atom. The fourth-order valence-corrected chi connectivity index (χ4v) is 3.21. The van der Waals surface area contributed by atoms with Crippen molar-refractivity contribution < 1.29 is 9.90 Å². The number of aromatic nitrogens is 3. The third-order valence-corrected chi connectivity index (χ3v) is 4.09. The van der Waals surface area contributed by atoms with Gasteiger partial charge in [-0.3, -0.25) is 4.90 Å². The van der Waals surface area contributed by atoms with Crippen LogP contribution in [0.1, 0.15) is 19.4 Å². The maximum Gasteiger partial charge on any atom is 0.407 e. The molecule has 0 spiro atoms. The number of fused-ring (bicyclic) bond motifs is 1. The number of nitrogens with zero attached hydrogens (tertiary/aromatic N) is 4. The molecule has 112 valence electrons. The van der Waals surface area contributed by atoms with Crippen molar-refractivity contribution in [3.05, 3.63) is 18.1 Å². The van der Waals surface area contributed by atoms with Gasteiger partial charge in [0.1, 0.15) is 17.8 Å². The zero-order chi connectivity index (χ0) is 15.1. The van der Waals surface area contributed by atoms with Crippen LogP contribution in [0.2, 0.25) is 0 Å². The molecular weight excluding hydrogens is 270 g/mol. The minimum Gasteiger partial charge on any atom is -0.465 e. The van der Waals surface area contributed by atoms with Crippen LogP contribution in [0.15, 0.2) is 12.5 Å². The Kier molecular flexibility index (Phi) is 3.19. The molecule has 1 aliphatic heterocycles. The first-order valence-corrected chi connectivity index (χ1v) is 7.04. The zero-order valence-electron chi connectivity index (χ0n) is 12.4. The molecule has 7 nitrogen and oxygen atoms in total. The highest BCUT2D eigenvalue weighted by molar-refractivity contribution is 5.90. The van der Waals surface area contributed by atoms with Crippen molar-refractivity contribution in [2.24, 2.45) is 0 Å². The number of aromatic amines is 1. The maximum absolute atomic E-state index is 11.3. The van der Waals surface area contributed by atoms with Crippen molar-refractivity contribution in [1.82, 2.24) is 19.9 Å². The predicted octanol–water partition coefficient (Wildman–Crippen LogP) is 1.84. The van der Waals surface area contributed by atoms with E-state index in [0.717, 1.165) is 22.4 Å². The van der Waals surface area contributed by atoms with Crippen molar-refractivity contribution in [3.8, 4) is 0 Å². The van der Waals surface area contributed by atoms with Crippen molar-refractivity contribution in [1.29, 1.82) is 0 Å². The molecule has 0 saturated carbocycles. The molecule has 2 aromatic heterocycles. The van der Waals surface area contributed by atoms with Gasteiger partial charge in [0.25, 0.3) is 0 Å². The molecule has 3 rings (SSSR count). The lowest BCUT2D eigenvalue weighted by molar-refractivity contribution is 0.0981. The second-order valence-corrected chi connectivity index (χ2v) is 5.69. The Labute approximate surface area is 122 Å². The van der Waals surface area contributed by atoms with E-state index in [-0.39, 0.29) is 12.1 Å². The predicted molar refractivity (Wildman–Crippen MR) is 79.6 cm³/mol. The summed E-state index contributed by atoms with van der Waals surface area (Å²) < 4.78 is 0. The van der Waals surface area contributed by atoms with Crippen LogP contribution in [0.5, 0.6) is 0 Å². The van der Waals surface area contributed by atoms with Crippen molar-refractivity contribution in [3.63, 3.8) is 0 Å². The van der Waals surface area contributed by atoms with E-state index in [9.17, 15) is 9.90 Å². The van der Waals surface area contributed by atoms with E-state index >= 15 is 0 Å². The molecule has 0 bridgehead atoms. The van der Waals surface area contributed by atoms with Crippen LogP contribution in [0.25, 0.3) is 11.0 Å². The summed E-state index contributed by atoms with van der Waals surface area (Å²) in [4.78, 5) is 26.8. The standard InChI is InChI=1S/C14H19N5O2/c1-8-4-15-12-11(8)13(17-7-16-12)18-5-9(2)19(14(20)21)10(3)6-18/h4,7,9-10H,5-6H2,1-3H3,(H,20,21)(H,15,16,17). The monoisotopic (exact) mass is 289 g/mol. The van der Waals surface area contributed by atoms with Crippen LogP contribution in [0.4, 0.5) is 10.6 Å². The number of H-pyrrole nitrogens is 1. The number of carboxylic acid groups (broad SMARTS) is 1. The second kappa shape index (κ2) is 4.91. The van der Waals surface area contributed by atoms with Crippen molar-refractivity contribution in [2.45, 2.75) is 32.9 Å². The minimum absolute atomic E-state index is 0.0736. The van der Waals surface area contributed by atoms with Crippen LogP contribution in [-0.4, -0.2) is 56.2 Å². The maximum atomic E-state index is 11.3. The largest absolute Gasteiger partial charge is 0.465 e. The summed E-state index contributed by atoms with van der Waals surface area (Å²) in [6.45, 7) is 7.14. The van der Waals surface area contributed by atoms with Gasteiger partial charge in [0.15, 0.2) is 0 Å². The average Bonchev–Trinajstić information content (AvgIpc) is 2.79. The molecule has 21 heavy (non-hydrogen) atoms. The van der Waals surface area contributed by atoms with Crippen molar-refractivity contribution >= 4 is 22.9 Å². The lowest BCUT2D eigenvalue weighted by Gasteiger charge is -2.43. The summed E-state index contributed by atoms with van der Waals surface area (Å²) in [5.41, 5.74) is 1.92. The molecule has 3 heterocycles. The van der Waals surface area contributed by atoms with E-state index < -0.39 is 6.09 Å². The highest BCUT2D eigenvalue weighted by Gasteiger charge is 2.34. The summed E-state index contributed by atoms with van der Waals surface area (Å²) >= 11 is 0. The Morgan fingerprint density at radius 3 is 2.62 bits per heavy atom. The number of nitrogens with one attached hydrogen (secondary N) is 1. The van der Waals surface area contributed by atoms with Crippen LogP contribution in [-0.2, 0) is 0 Å². The quantitative estimate of drug-likeness (QED) is 0.836. The normalized spacial score (nSPS) is 22.8. The van der Waals surface area contributed by atoms with E-state index in [4.69, 9.17) is 0 Å². The van der Waals surface area contributed by atoms with Crippen molar-refractivity contribution in [2.75, 3.05) is 18.0 Å². The first kappa shape index (κ1) is 13.7. The van der Waals surface area contributed by atoms with Gasteiger partial charge in [-0.15, -0.1) is 0 Å². The molecule has 1 amide bonds. The summed E-state index contributed by atoms with van der Waals surface area (Å²) in [5.74, 6) is 0.877. The molecule has 7 heteroatoms. The molecule has 1 saturated heterocycles. The molecule has 1 aliphatic rings. The van der Waals surface area contributed by atoms with Gasteiger partial charge >= 0.3 is 6.09 Å². The molecular formula is C14H19N5O2. The van der Waals surface area contributed by atoms with Gasteiger partial charge in [-0.25, -0.2) is 14.8 Å². The number of anilines is 1. The van der Waals surface area contributed by atoms with Gasteiger partial charge in [0, 0.05) is 19.3 Å². The van der Waals surface area contributed by atoms with Crippen LogP contribution in [0, 0.1) is 6.92 Å². The van der Waals surface area contributed by atoms with Gasteiger partial charge in [-0.2, -0.15) is 0 Å². The average molecular weight is 289 g/mol. The Bertz CT molecular complexity index is 671. The Balaban J connectivity index is 1.97. The van der Waals surface area contributed by atoms with Crippen LogP contribution in [0.3, 0.4) is 0 Å². The number of aryl methyl sites for hydroxylation is 1.